The van der Waals surface area contributed by atoms with Crippen LogP contribution in [0.25, 0.3) is 6.08 Å². The average molecular weight is 217 g/mol. The van der Waals surface area contributed by atoms with Gasteiger partial charge in [-0.15, -0.1) is 0 Å². The first-order valence-electron chi connectivity index (χ1n) is 4.92. The van der Waals surface area contributed by atoms with Gasteiger partial charge in [-0.25, -0.2) is 0 Å². The van der Waals surface area contributed by atoms with Gasteiger partial charge in [0, 0.05) is 12.2 Å². The molecule has 4 nitrogen and oxygen atoms in total. The first kappa shape index (κ1) is 10.4. The van der Waals surface area contributed by atoms with E-state index >= 15 is 0 Å². The van der Waals surface area contributed by atoms with Gasteiger partial charge in [0.1, 0.15) is 0 Å². The van der Waals surface area contributed by atoms with Gasteiger partial charge >= 0.3 is 0 Å². The van der Waals surface area contributed by atoms with Crippen LogP contribution in [0.3, 0.4) is 0 Å². The molecule has 0 amide bonds. The van der Waals surface area contributed by atoms with E-state index in [-0.39, 0.29) is 5.56 Å². The van der Waals surface area contributed by atoms with Crippen LogP contribution in [-0.4, -0.2) is 11.7 Å². The zero-order chi connectivity index (χ0) is 11.7. The maximum atomic E-state index is 11.0. The lowest BCUT2D eigenvalue weighted by Crippen LogP contribution is -2.32. The molecule has 1 heterocycles. The number of allylic oxidation sites excluding steroid dienone is 4. The van der Waals surface area contributed by atoms with Gasteiger partial charge in [0.25, 0.3) is 5.43 Å². The van der Waals surface area contributed by atoms with Crippen LogP contribution >= 0.6 is 0 Å². The molecule has 82 valence electrons. The predicted molar refractivity (Wildman–Crippen MR) is 61.9 cm³/mol. The lowest BCUT2D eigenvalue weighted by molar-refractivity contribution is 0.461. The van der Waals surface area contributed by atoms with Crippen LogP contribution in [0.1, 0.15) is 12.5 Å². The van der Waals surface area contributed by atoms with Gasteiger partial charge in [0.05, 0.1) is 5.56 Å². The fraction of sp³-hybridized carbons (Fsp3) is 0.167. The van der Waals surface area contributed by atoms with Crippen molar-refractivity contribution in [2.45, 2.75) is 6.92 Å². The molecule has 1 aliphatic heterocycles. The van der Waals surface area contributed by atoms with E-state index in [1.807, 2.05) is 19.1 Å². The topological polar surface area (TPSA) is 66.4 Å². The quantitative estimate of drug-likeness (QED) is 0.705. The molecule has 0 bridgehead atoms. The standard InChI is InChI=1S/C12H11NO3/c1-7-6-8(4-5-13-7)2-3-9-10(14)12(16)11(9)15/h2-4,6,13-14H,5H2,1H3/b3-2+. The highest BCUT2D eigenvalue weighted by Crippen LogP contribution is 2.13. The first-order chi connectivity index (χ1) is 7.59. The third kappa shape index (κ3) is 1.69. The second-order valence-corrected chi connectivity index (χ2v) is 3.67. The Morgan fingerprint density at radius 1 is 1.31 bits per heavy atom. The predicted octanol–water partition coefficient (Wildman–Crippen LogP) is 0.435. The maximum absolute atomic E-state index is 11.0. The van der Waals surface area contributed by atoms with Gasteiger partial charge in [-0.05, 0) is 24.6 Å². The summed E-state index contributed by atoms with van der Waals surface area (Å²) in [6.07, 6.45) is 7.05. The highest BCUT2D eigenvalue weighted by atomic mass is 16.3. The van der Waals surface area contributed by atoms with Gasteiger partial charge in [-0.2, -0.15) is 0 Å². The Bertz CT molecular complexity index is 584. The molecule has 16 heavy (non-hydrogen) atoms. The van der Waals surface area contributed by atoms with E-state index in [1.165, 1.54) is 6.08 Å². The number of hydrogen-bond donors (Lipinski definition) is 2. The largest absolute Gasteiger partial charge is 0.504 e. The van der Waals surface area contributed by atoms with Crippen LogP contribution in [-0.2, 0) is 0 Å². The van der Waals surface area contributed by atoms with Gasteiger partial charge < -0.3 is 10.4 Å². The summed E-state index contributed by atoms with van der Waals surface area (Å²) in [5, 5.41) is 12.3. The Hall–Kier alpha value is -2.10. The molecule has 2 rings (SSSR count). The normalized spacial score (nSPS) is 16.1. The van der Waals surface area contributed by atoms with Crippen LogP contribution in [0.15, 0.2) is 39.1 Å². The molecule has 0 spiro atoms. The van der Waals surface area contributed by atoms with E-state index in [2.05, 4.69) is 5.32 Å². The van der Waals surface area contributed by atoms with Gasteiger partial charge in [-0.1, -0.05) is 12.2 Å². The zero-order valence-corrected chi connectivity index (χ0v) is 8.78. The van der Waals surface area contributed by atoms with Crippen molar-refractivity contribution in [1.29, 1.82) is 0 Å². The summed E-state index contributed by atoms with van der Waals surface area (Å²) in [7, 11) is 0. The molecule has 0 fully saturated rings. The highest BCUT2D eigenvalue weighted by Gasteiger charge is 2.16. The van der Waals surface area contributed by atoms with Crippen LogP contribution in [0, 0.1) is 0 Å². The minimum Gasteiger partial charge on any atom is -0.504 e. The Balaban J connectivity index is 2.21. The fourth-order valence-corrected chi connectivity index (χ4v) is 1.54. The van der Waals surface area contributed by atoms with Crippen LogP contribution in [0.4, 0.5) is 0 Å². The molecule has 0 saturated carbocycles. The number of nitrogens with one attached hydrogen (secondary N) is 1. The summed E-state index contributed by atoms with van der Waals surface area (Å²) in [5.41, 5.74) is 0.658. The summed E-state index contributed by atoms with van der Waals surface area (Å²) < 4.78 is 0. The number of aromatic hydroxyl groups is 1. The molecule has 2 N–H and O–H groups in total. The molecule has 0 unspecified atom stereocenters. The van der Waals surface area contributed by atoms with E-state index in [9.17, 15) is 9.59 Å². The fourth-order valence-electron chi connectivity index (χ4n) is 1.54. The molecule has 1 aliphatic rings. The Morgan fingerprint density at radius 3 is 2.69 bits per heavy atom. The third-order valence-corrected chi connectivity index (χ3v) is 2.47. The second kappa shape index (κ2) is 3.81. The third-order valence-electron chi connectivity index (χ3n) is 2.47. The number of rotatable bonds is 2. The zero-order valence-electron chi connectivity index (χ0n) is 8.78. The Kier molecular flexibility index (Phi) is 2.48. The molecule has 4 heteroatoms. The molecule has 0 aromatic heterocycles. The second-order valence-electron chi connectivity index (χ2n) is 3.67. The Morgan fingerprint density at radius 2 is 2.06 bits per heavy atom. The monoisotopic (exact) mass is 217 g/mol. The van der Waals surface area contributed by atoms with E-state index in [0.29, 0.717) is 0 Å². The molecule has 1 aromatic carbocycles. The van der Waals surface area contributed by atoms with Crippen molar-refractivity contribution in [2.75, 3.05) is 6.54 Å². The summed E-state index contributed by atoms with van der Waals surface area (Å²) in [4.78, 5) is 21.8. The molecule has 1 aromatic rings. The summed E-state index contributed by atoms with van der Waals surface area (Å²) in [5.74, 6) is -0.434. The van der Waals surface area contributed by atoms with E-state index in [1.54, 1.807) is 6.08 Å². The first-order valence-corrected chi connectivity index (χ1v) is 4.92. The van der Waals surface area contributed by atoms with Gasteiger partial charge in [-0.3, -0.25) is 9.59 Å². The lowest BCUT2D eigenvalue weighted by Gasteiger charge is -2.10. The van der Waals surface area contributed by atoms with Gasteiger partial charge in [0.15, 0.2) is 5.75 Å². The molecule has 0 radical (unpaired) electrons. The smallest absolute Gasteiger partial charge is 0.268 e. The lowest BCUT2D eigenvalue weighted by atomic mass is 10.1. The van der Waals surface area contributed by atoms with Crippen LogP contribution in [0.5, 0.6) is 5.75 Å². The molecule has 0 saturated heterocycles. The van der Waals surface area contributed by atoms with E-state index in [4.69, 9.17) is 5.11 Å². The molecular weight excluding hydrogens is 206 g/mol. The molecule has 0 atom stereocenters. The van der Waals surface area contributed by atoms with Crippen molar-refractivity contribution in [3.63, 3.8) is 0 Å². The highest BCUT2D eigenvalue weighted by molar-refractivity contribution is 5.63. The van der Waals surface area contributed by atoms with Crippen molar-refractivity contribution in [3.05, 3.63) is 55.5 Å². The van der Waals surface area contributed by atoms with Crippen molar-refractivity contribution >= 4 is 6.08 Å². The summed E-state index contributed by atoms with van der Waals surface area (Å²) in [6, 6.07) is 0. The van der Waals surface area contributed by atoms with Crippen LogP contribution in [0.2, 0.25) is 0 Å². The maximum Gasteiger partial charge on any atom is 0.268 e. The number of dihydropyridines is 1. The van der Waals surface area contributed by atoms with Crippen molar-refractivity contribution in [1.82, 2.24) is 5.32 Å². The minimum atomic E-state index is -0.800. The van der Waals surface area contributed by atoms with Crippen molar-refractivity contribution in [2.24, 2.45) is 0 Å². The Labute approximate surface area is 91.9 Å². The minimum absolute atomic E-state index is 0.0930. The van der Waals surface area contributed by atoms with Gasteiger partial charge in [0.2, 0.25) is 5.43 Å². The van der Waals surface area contributed by atoms with Crippen molar-refractivity contribution in [3.8, 4) is 5.75 Å². The summed E-state index contributed by atoms with van der Waals surface area (Å²) >= 11 is 0. The van der Waals surface area contributed by atoms with Crippen LogP contribution < -0.4 is 16.2 Å². The summed E-state index contributed by atoms with van der Waals surface area (Å²) in [6.45, 7) is 2.68. The SMILES string of the molecule is CC1=CC(/C=C/c2c(O)c(=O)c2=O)=CCN1. The average Bonchev–Trinajstić information content (AvgIpc) is 2.28. The molecule has 0 aliphatic carbocycles. The van der Waals surface area contributed by atoms with E-state index < -0.39 is 16.6 Å². The van der Waals surface area contributed by atoms with E-state index in [0.717, 1.165) is 17.8 Å². The molecular formula is C12H11NO3. The number of hydrogen-bond acceptors (Lipinski definition) is 4. The van der Waals surface area contributed by atoms with Crippen molar-refractivity contribution < 1.29 is 5.11 Å².